The van der Waals surface area contributed by atoms with Crippen LogP contribution in [0.3, 0.4) is 0 Å². The Morgan fingerprint density at radius 3 is 1.39 bits per heavy atom. The Labute approximate surface area is 400 Å². The van der Waals surface area contributed by atoms with E-state index in [0.29, 0.717) is 0 Å². The van der Waals surface area contributed by atoms with Crippen molar-refractivity contribution >= 4 is 53.9 Å². The second-order valence-electron chi connectivity index (χ2n) is 19.3. The molecule has 0 unspecified atom stereocenters. The molecular weight excluding hydrogens is 829 g/mol. The van der Waals surface area contributed by atoms with Crippen LogP contribution in [0, 0.1) is 0 Å². The molecular formula is C69H40. The molecule has 0 N–H and O–H groups in total. The third-order valence-electron chi connectivity index (χ3n) is 16.2. The van der Waals surface area contributed by atoms with Gasteiger partial charge in [0.1, 0.15) is 0 Å². The maximum absolute atomic E-state index is 2.52. The predicted molar refractivity (Wildman–Crippen MR) is 291 cm³/mol. The fourth-order valence-electron chi connectivity index (χ4n) is 13.7. The molecule has 3 aliphatic rings. The molecule has 0 bridgehead atoms. The van der Waals surface area contributed by atoms with Crippen LogP contribution >= 0.6 is 0 Å². The van der Waals surface area contributed by atoms with Crippen molar-refractivity contribution in [2.24, 2.45) is 0 Å². The van der Waals surface area contributed by atoms with Gasteiger partial charge in [0.25, 0.3) is 0 Å². The van der Waals surface area contributed by atoms with Crippen LogP contribution in [-0.2, 0) is 5.41 Å². The van der Waals surface area contributed by atoms with Crippen molar-refractivity contribution in [3.8, 4) is 77.9 Å². The summed E-state index contributed by atoms with van der Waals surface area (Å²) in [7, 11) is 0. The van der Waals surface area contributed by atoms with Crippen LogP contribution in [0.2, 0.25) is 0 Å². The van der Waals surface area contributed by atoms with E-state index in [0.717, 1.165) is 0 Å². The second-order valence-corrected chi connectivity index (χ2v) is 19.3. The minimum Gasteiger partial charge on any atom is -0.0622 e. The summed E-state index contributed by atoms with van der Waals surface area (Å²) in [6.07, 6.45) is 0. The zero-order valence-electron chi connectivity index (χ0n) is 37.6. The maximum Gasteiger partial charge on any atom is 0.0732 e. The van der Waals surface area contributed by atoms with Gasteiger partial charge in [0.2, 0.25) is 0 Å². The summed E-state index contributed by atoms with van der Waals surface area (Å²) >= 11 is 0. The van der Waals surface area contributed by atoms with Crippen molar-refractivity contribution < 1.29 is 0 Å². The second kappa shape index (κ2) is 13.6. The van der Waals surface area contributed by atoms with Crippen LogP contribution in [-0.4, -0.2) is 0 Å². The number of rotatable bonds is 3. The summed E-state index contributed by atoms with van der Waals surface area (Å²) in [5.41, 5.74) is 23.2. The molecule has 69 heavy (non-hydrogen) atoms. The van der Waals surface area contributed by atoms with E-state index in [4.69, 9.17) is 0 Å². The summed E-state index contributed by atoms with van der Waals surface area (Å²) in [4.78, 5) is 0. The zero-order chi connectivity index (χ0) is 45.0. The molecule has 0 radical (unpaired) electrons. The lowest BCUT2D eigenvalue weighted by molar-refractivity contribution is 0.802. The van der Waals surface area contributed by atoms with E-state index in [-0.39, 0.29) is 0 Å². The monoisotopic (exact) mass is 868 g/mol. The van der Waals surface area contributed by atoms with Crippen LogP contribution in [0.5, 0.6) is 0 Å². The largest absolute Gasteiger partial charge is 0.0732 e. The number of benzene rings is 13. The molecule has 0 aliphatic heterocycles. The first-order valence-corrected chi connectivity index (χ1v) is 24.3. The molecule has 0 heterocycles. The highest BCUT2D eigenvalue weighted by atomic mass is 14.5. The van der Waals surface area contributed by atoms with Crippen molar-refractivity contribution in [2.45, 2.75) is 5.41 Å². The van der Waals surface area contributed by atoms with Gasteiger partial charge in [0.15, 0.2) is 0 Å². The highest BCUT2D eigenvalue weighted by Crippen LogP contribution is 2.67. The summed E-state index contributed by atoms with van der Waals surface area (Å²) in [6, 6.07) is 91.8. The maximum atomic E-state index is 2.52. The highest BCUT2D eigenvalue weighted by molar-refractivity contribution is 6.29. The molecule has 316 valence electrons. The van der Waals surface area contributed by atoms with Gasteiger partial charge in [0.05, 0.1) is 5.41 Å². The minimum atomic E-state index is -0.490. The molecule has 0 aromatic heterocycles. The molecule has 0 atom stereocenters. The fourth-order valence-corrected chi connectivity index (χ4v) is 13.7. The van der Waals surface area contributed by atoms with Crippen molar-refractivity contribution in [3.05, 3.63) is 265 Å². The van der Waals surface area contributed by atoms with E-state index in [1.54, 1.807) is 0 Å². The number of fused-ring (bicyclic) bond motifs is 21. The minimum absolute atomic E-state index is 0.490. The van der Waals surface area contributed by atoms with Gasteiger partial charge in [-0.2, -0.15) is 0 Å². The Balaban J connectivity index is 1.00. The third-order valence-corrected chi connectivity index (χ3v) is 16.2. The van der Waals surface area contributed by atoms with Gasteiger partial charge in [-0.25, -0.2) is 0 Å². The van der Waals surface area contributed by atoms with Crippen LogP contribution < -0.4 is 0 Å². The van der Waals surface area contributed by atoms with E-state index in [9.17, 15) is 0 Å². The van der Waals surface area contributed by atoms with Crippen LogP contribution in [0.1, 0.15) is 22.3 Å². The Kier molecular flexibility index (Phi) is 7.36. The molecule has 0 heteroatoms. The van der Waals surface area contributed by atoms with Crippen LogP contribution in [0.25, 0.3) is 132 Å². The van der Waals surface area contributed by atoms with Gasteiger partial charge in [-0.1, -0.05) is 237 Å². The highest BCUT2D eigenvalue weighted by Gasteiger charge is 2.53. The van der Waals surface area contributed by atoms with E-state index >= 15 is 0 Å². The van der Waals surface area contributed by atoms with E-state index in [1.807, 2.05) is 0 Å². The Bertz CT molecular complexity index is 4260. The first kappa shape index (κ1) is 37.3. The summed E-state index contributed by atoms with van der Waals surface area (Å²) < 4.78 is 0. The smallest absolute Gasteiger partial charge is 0.0622 e. The van der Waals surface area contributed by atoms with Crippen molar-refractivity contribution in [1.82, 2.24) is 0 Å². The van der Waals surface area contributed by atoms with Gasteiger partial charge in [-0.3, -0.25) is 0 Å². The van der Waals surface area contributed by atoms with Gasteiger partial charge in [0, 0.05) is 0 Å². The van der Waals surface area contributed by atoms with Crippen molar-refractivity contribution in [3.63, 3.8) is 0 Å². The number of hydrogen-bond acceptors (Lipinski definition) is 0. The normalized spacial score (nSPS) is 13.3. The van der Waals surface area contributed by atoms with Gasteiger partial charge < -0.3 is 0 Å². The molecule has 16 rings (SSSR count). The lowest BCUT2D eigenvalue weighted by Crippen LogP contribution is -2.26. The topological polar surface area (TPSA) is 0 Å². The molecule has 13 aromatic carbocycles. The van der Waals surface area contributed by atoms with Gasteiger partial charge in [-0.05, 0) is 160 Å². The molecule has 0 saturated heterocycles. The lowest BCUT2D eigenvalue weighted by Gasteiger charge is -2.32. The molecule has 3 aliphatic carbocycles. The van der Waals surface area contributed by atoms with Crippen molar-refractivity contribution in [2.75, 3.05) is 0 Å². The average Bonchev–Trinajstić information content (AvgIpc) is 4.04. The predicted octanol–water partition coefficient (Wildman–Crippen LogP) is 18.4. The van der Waals surface area contributed by atoms with Crippen LogP contribution in [0.4, 0.5) is 0 Å². The zero-order valence-corrected chi connectivity index (χ0v) is 37.6. The van der Waals surface area contributed by atoms with E-state index in [1.165, 1.54) is 154 Å². The molecule has 0 nitrogen and oxygen atoms in total. The SMILES string of the molecule is c1ccc(-c2c3c(c(-c4ccccc4)c4ccccc24)-c2ccc(-c4ccc5c6c(c7ccccc7c5c4)-c4c(ccc5ccccc45)C64c5ccccc5-c5ccccc54)c4cccc-3c24)cc1. The summed E-state index contributed by atoms with van der Waals surface area (Å²) in [5.74, 6) is 0. The molecule has 0 amide bonds. The van der Waals surface area contributed by atoms with Gasteiger partial charge in [-0.15, -0.1) is 0 Å². The van der Waals surface area contributed by atoms with E-state index < -0.39 is 5.41 Å². The molecule has 1 spiro atoms. The molecule has 0 saturated carbocycles. The van der Waals surface area contributed by atoms with Crippen molar-refractivity contribution in [1.29, 1.82) is 0 Å². The quantitative estimate of drug-likeness (QED) is 0.155. The molecule has 0 fully saturated rings. The first-order chi connectivity index (χ1) is 34.3. The lowest BCUT2D eigenvalue weighted by atomic mass is 9.69. The standard InChI is InChI=1S/C69H40/c1-3-19-42(20-4-1)61-52-28-11-12-29-53(52)62(43-21-5-2-6-22-43)66-56-38-37-45(50-30-17-31-55(63(50)56)65(61)66)44-34-36-54-57(40-44)47-24-9-10-27-51(47)67-64-46-23-8-7-18-41(46)35-39-60(64)69(68(54)67)58-32-15-13-25-48(58)49-26-14-16-33-59(49)69/h1-40H. The summed E-state index contributed by atoms with van der Waals surface area (Å²) in [6.45, 7) is 0. The van der Waals surface area contributed by atoms with Gasteiger partial charge >= 0.3 is 0 Å². The van der Waals surface area contributed by atoms with Crippen LogP contribution in [0.15, 0.2) is 243 Å². The summed E-state index contributed by atoms with van der Waals surface area (Å²) in [5, 5.41) is 12.9. The Morgan fingerprint density at radius 2 is 0.725 bits per heavy atom. The third kappa shape index (κ3) is 4.68. The fraction of sp³-hybridized carbons (Fsp3) is 0.0145. The van der Waals surface area contributed by atoms with E-state index in [2.05, 4.69) is 243 Å². The number of hydrogen-bond donors (Lipinski definition) is 0. The Hall–Kier alpha value is -8.84. The average molecular weight is 869 g/mol. The molecule has 13 aromatic rings. The Morgan fingerprint density at radius 1 is 0.217 bits per heavy atom. The first-order valence-electron chi connectivity index (χ1n) is 24.3.